The quantitative estimate of drug-likeness (QED) is 0.897. The molecule has 0 spiro atoms. The van der Waals surface area contributed by atoms with Gasteiger partial charge in [0.05, 0.1) is 12.2 Å². The standard InChI is InChI=1S/C15H17NO2S/c1-3-14-9-11(10-19-14)15(17)16-12-5-7-13(8-6-12)18-4-2/h5-10H,3-4H2,1-2H3,(H,16,17). The Bertz CT molecular complexity index is 546. The fourth-order valence-corrected chi connectivity index (χ4v) is 2.50. The van der Waals surface area contributed by atoms with Crippen LogP contribution in [0, 0.1) is 0 Å². The predicted molar refractivity (Wildman–Crippen MR) is 79.3 cm³/mol. The Kier molecular flexibility index (Phi) is 4.58. The first-order valence-electron chi connectivity index (χ1n) is 6.34. The summed E-state index contributed by atoms with van der Waals surface area (Å²) in [6.45, 7) is 4.66. The number of benzene rings is 1. The first-order valence-corrected chi connectivity index (χ1v) is 7.22. The maximum atomic E-state index is 12.0. The van der Waals surface area contributed by atoms with Crippen molar-refractivity contribution in [1.29, 1.82) is 0 Å². The minimum Gasteiger partial charge on any atom is -0.494 e. The van der Waals surface area contributed by atoms with Gasteiger partial charge in [0.2, 0.25) is 0 Å². The third kappa shape index (κ3) is 3.58. The van der Waals surface area contributed by atoms with Crippen LogP contribution in [-0.4, -0.2) is 12.5 Å². The fraction of sp³-hybridized carbons (Fsp3) is 0.267. The molecule has 2 rings (SSSR count). The van der Waals surface area contributed by atoms with Gasteiger partial charge in [-0.15, -0.1) is 11.3 Å². The first kappa shape index (κ1) is 13.6. The highest BCUT2D eigenvalue weighted by atomic mass is 32.1. The van der Waals surface area contributed by atoms with Gasteiger partial charge in [-0.25, -0.2) is 0 Å². The summed E-state index contributed by atoms with van der Waals surface area (Å²) in [7, 11) is 0. The third-order valence-electron chi connectivity index (χ3n) is 2.69. The molecule has 0 aliphatic rings. The molecule has 1 amide bonds. The molecule has 1 aromatic heterocycles. The van der Waals surface area contributed by atoms with Crippen molar-refractivity contribution in [3.8, 4) is 5.75 Å². The zero-order chi connectivity index (χ0) is 13.7. The number of ether oxygens (including phenoxy) is 1. The van der Waals surface area contributed by atoms with Crippen LogP contribution in [0.2, 0.25) is 0 Å². The second-order valence-electron chi connectivity index (χ2n) is 4.07. The number of carbonyl (C=O) groups is 1. The van der Waals surface area contributed by atoms with Gasteiger partial charge in [-0.3, -0.25) is 4.79 Å². The van der Waals surface area contributed by atoms with E-state index in [-0.39, 0.29) is 5.91 Å². The van der Waals surface area contributed by atoms with E-state index in [1.165, 1.54) is 4.88 Å². The highest BCUT2D eigenvalue weighted by Gasteiger charge is 2.08. The van der Waals surface area contributed by atoms with Crippen LogP contribution < -0.4 is 10.1 Å². The molecule has 0 atom stereocenters. The smallest absolute Gasteiger partial charge is 0.256 e. The zero-order valence-corrected chi connectivity index (χ0v) is 11.9. The monoisotopic (exact) mass is 275 g/mol. The van der Waals surface area contributed by atoms with Crippen molar-refractivity contribution in [3.05, 3.63) is 46.2 Å². The zero-order valence-electron chi connectivity index (χ0n) is 11.1. The molecule has 0 aliphatic carbocycles. The summed E-state index contributed by atoms with van der Waals surface area (Å²) in [5.74, 6) is 0.740. The first-order chi connectivity index (χ1) is 9.22. The molecule has 1 heterocycles. The van der Waals surface area contributed by atoms with Crippen molar-refractivity contribution in [3.63, 3.8) is 0 Å². The Balaban J connectivity index is 2.01. The molecule has 3 nitrogen and oxygen atoms in total. The lowest BCUT2D eigenvalue weighted by atomic mass is 10.2. The second kappa shape index (κ2) is 6.38. The summed E-state index contributed by atoms with van der Waals surface area (Å²) in [5, 5.41) is 4.77. The number of hydrogen-bond donors (Lipinski definition) is 1. The van der Waals surface area contributed by atoms with Gasteiger partial charge in [-0.1, -0.05) is 6.92 Å². The van der Waals surface area contributed by atoms with Crippen molar-refractivity contribution < 1.29 is 9.53 Å². The van der Waals surface area contributed by atoms with Crippen molar-refractivity contribution in [2.24, 2.45) is 0 Å². The van der Waals surface area contributed by atoms with Gasteiger partial charge in [0.1, 0.15) is 5.75 Å². The Morgan fingerprint density at radius 1 is 1.26 bits per heavy atom. The maximum absolute atomic E-state index is 12.0. The van der Waals surface area contributed by atoms with Gasteiger partial charge in [0, 0.05) is 15.9 Å². The van der Waals surface area contributed by atoms with Crippen LogP contribution in [0.5, 0.6) is 5.75 Å². The topological polar surface area (TPSA) is 38.3 Å². The number of carbonyl (C=O) groups excluding carboxylic acids is 1. The summed E-state index contributed by atoms with van der Waals surface area (Å²) < 4.78 is 5.36. The van der Waals surface area contributed by atoms with E-state index in [1.807, 2.05) is 42.6 Å². The van der Waals surface area contributed by atoms with Gasteiger partial charge in [0.25, 0.3) is 5.91 Å². The number of nitrogens with one attached hydrogen (secondary N) is 1. The average Bonchev–Trinajstić information content (AvgIpc) is 2.90. The lowest BCUT2D eigenvalue weighted by Gasteiger charge is -2.06. The molecular formula is C15H17NO2S. The molecule has 0 bridgehead atoms. The highest BCUT2D eigenvalue weighted by Crippen LogP contribution is 2.19. The SMILES string of the molecule is CCOc1ccc(NC(=O)c2csc(CC)c2)cc1. The molecule has 0 fully saturated rings. The molecule has 1 aromatic carbocycles. The summed E-state index contributed by atoms with van der Waals surface area (Å²) >= 11 is 1.62. The molecule has 0 aliphatic heterocycles. The van der Waals surface area contributed by atoms with Gasteiger partial charge in [-0.2, -0.15) is 0 Å². The fourth-order valence-electron chi connectivity index (χ4n) is 1.69. The van der Waals surface area contributed by atoms with Crippen LogP contribution in [0.15, 0.2) is 35.7 Å². The Morgan fingerprint density at radius 2 is 2.00 bits per heavy atom. The Labute approximate surface area is 117 Å². The van der Waals surface area contributed by atoms with Crippen LogP contribution in [0.4, 0.5) is 5.69 Å². The minimum atomic E-state index is -0.0693. The number of aryl methyl sites for hydroxylation is 1. The van der Waals surface area contributed by atoms with Crippen LogP contribution in [0.3, 0.4) is 0 Å². The van der Waals surface area contributed by atoms with Crippen LogP contribution in [0.25, 0.3) is 0 Å². The van der Waals surface area contributed by atoms with E-state index in [0.29, 0.717) is 6.61 Å². The van der Waals surface area contributed by atoms with Crippen LogP contribution in [-0.2, 0) is 6.42 Å². The van der Waals surface area contributed by atoms with Crippen molar-refractivity contribution in [2.45, 2.75) is 20.3 Å². The number of anilines is 1. The van der Waals surface area contributed by atoms with E-state index in [2.05, 4.69) is 12.2 Å². The molecule has 2 aromatic rings. The maximum Gasteiger partial charge on any atom is 0.256 e. The van der Waals surface area contributed by atoms with Crippen LogP contribution in [0.1, 0.15) is 29.1 Å². The van der Waals surface area contributed by atoms with Crippen molar-refractivity contribution >= 4 is 22.9 Å². The molecule has 0 saturated carbocycles. The van der Waals surface area contributed by atoms with E-state index in [9.17, 15) is 4.79 Å². The average molecular weight is 275 g/mol. The van der Waals surface area contributed by atoms with Crippen molar-refractivity contribution in [1.82, 2.24) is 0 Å². The van der Waals surface area contributed by atoms with E-state index in [0.717, 1.165) is 23.4 Å². The predicted octanol–water partition coefficient (Wildman–Crippen LogP) is 3.96. The molecule has 19 heavy (non-hydrogen) atoms. The van der Waals surface area contributed by atoms with E-state index >= 15 is 0 Å². The molecule has 0 radical (unpaired) electrons. The summed E-state index contributed by atoms with van der Waals surface area (Å²) in [6.07, 6.45) is 0.959. The lowest BCUT2D eigenvalue weighted by molar-refractivity contribution is 0.102. The van der Waals surface area contributed by atoms with E-state index < -0.39 is 0 Å². The minimum absolute atomic E-state index is 0.0693. The normalized spacial score (nSPS) is 10.2. The number of thiophene rings is 1. The molecule has 1 N–H and O–H groups in total. The molecule has 0 unspecified atom stereocenters. The summed E-state index contributed by atoms with van der Waals surface area (Å²) in [6, 6.07) is 9.33. The number of hydrogen-bond acceptors (Lipinski definition) is 3. The number of amides is 1. The van der Waals surface area contributed by atoms with Gasteiger partial charge >= 0.3 is 0 Å². The third-order valence-corrected chi connectivity index (χ3v) is 3.77. The second-order valence-corrected chi connectivity index (χ2v) is 5.06. The summed E-state index contributed by atoms with van der Waals surface area (Å²) in [4.78, 5) is 13.2. The number of rotatable bonds is 5. The molecule has 4 heteroatoms. The van der Waals surface area contributed by atoms with E-state index in [4.69, 9.17) is 4.74 Å². The van der Waals surface area contributed by atoms with Gasteiger partial charge in [0.15, 0.2) is 0 Å². The van der Waals surface area contributed by atoms with Gasteiger partial charge in [-0.05, 0) is 43.7 Å². The molecular weight excluding hydrogens is 258 g/mol. The van der Waals surface area contributed by atoms with Crippen LogP contribution >= 0.6 is 11.3 Å². The lowest BCUT2D eigenvalue weighted by Crippen LogP contribution is -2.10. The van der Waals surface area contributed by atoms with E-state index in [1.54, 1.807) is 11.3 Å². The Morgan fingerprint density at radius 3 is 2.58 bits per heavy atom. The van der Waals surface area contributed by atoms with Crippen molar-refractivity contribution in [2.75, 3.05) is 11.9 Å². The summed E-state index contributed by atoms with van der Waals surface area (Å²) in [5.41, 5.74) is 1.49. The van der Waals surface area contributed by atoms with Gasteiger partial charge < -0.3 is 10.1 Å². The highest BCUT2D eigenvalue weighted by molar-refractivity contribution is 7.10. The molecule has 100 valence electrons. The Hall–Kier alpha value is -1.81. The largest absolute Gasteiger partial charge is 0.494 e. The molecule has 0 saturated heterocycles.